The van der Waals surface area contributed by atoms with Gasteiger partial charge in [-0.3, -0.25) is 4.68 Å². The van der Waals surface area contributed by atoms with E-state index in [1.807, 2.05) is 29.2 Å². The van der Waals surface area contributed by atoms with Crippen molar-refractivity contribution in [2.75, 3.05) is 6.61 Å². The summed E-state index contributed by atoms with van der Waals surface area (Å²) in [5.74, 6) is 1.42. The van der Waals surface area contributed by atoms with Crippen molar-refractivity contribution in [1.82, 2.24) is 9.78 Å². The molecule has 0 N–H and O–H groups in total. The second-order valence-electron chi connectivity index (χ2n) is 3.93. The van der Waals surface area contributed by atoms with E-state index in [9.17, 15) is 0 Å². The van der Waals surface area contributed by atoms with Crippen molar-refractivity contribution in [3.05, 3.63) is 46.7 Å². The molecular formula is C12H11BrN2O. The first-order chi connectivity index (χ1) is 7.83. The number of hydrogen-bond donors (Lipinski definition) is 0. The second-order valence-corrected chi connectivity index (χ2v) is 4.84. The van der Waals surface area contributed by atoms with Crippen molar-refractivity contribution in [2.45, 2.75) is 12.5 Å². The summed E-state index contributed by atoms with van der Waals surface area (Å²) in [6, 6.07) is 8.21. The number of hydrogen-bond acceptors (Lipinski definition) is 2. The molecule has 3 nitrogen and oxygen atoms in total. The number of rotatable bonds is 2. The zero-order valence-corrected chi connectivity index (χ0v) is 10.2. The van der Waals surface area contributed by atoms with Gasteiger partial charge >= 0.3 is 0 Å². The number of para-hydroxylation sites is 1. The van der Waals surface area contributed by atoms with Crippen LogP contribution in [0.1, 0.15) is 11.5 Å². The maximum absolute atomic E-state index is 5.64. The van der Waals surface area contributed by atoms with Crippen molar-refractivity contribution < 1.29 is 4.74 Å². The molecule has 0 fully saturated rings. The smallest absolute Gasteiger partial charge is 0.122 e. The van der Waals surface area contributed by atoms with Crippen LogP contribution in [0, 0.1) is 0 Å². The fourth-order valence-electron chi connectivity index (χ4n) is 2.04. The summed E-state index contributed by atoms with van der Waals surface area (Å²) in [6.45, 7) is 1.61. The van der Waals surface area contributed by atoms with E-state index in [1.165, 1.54) is 5.56 Å². The van der Waals surface area contributed by atoms with Gasteiger partial charge in [0.1, 0.15) is 5.75 Å². The molecule has 0 aliphatic carbocycles. The lowest BCUT2D eigenvalue weighted by atomic mass is 10.0. The van der Waals surface area contributed by atoms with E-state index >= 15 is 0 Å². The molecule has 3 rings (SSSR count). The van der Waals surface area contributed by atoms with E-state index in [1.54, 1.807) is 0 Å². The summed E-state index contributed by atoms with van der Waals surface area (Å²) < 4.78 is 8.60. The Kier molecular flexibility index (Phi) is 2.44. The van der Waals surface area contributed by atoms with Crippen LogP contribution in [0.25, 0.3) is 0 Å². The molecule has 0 spiro atoms. The van der Waals surface area contributed by atoms with Crippen LogP contribution in [0.4, 0.5) is 0 Å². The molecule has 0 saturated carbocycles. The maximum atomic E-state index is 5.64. The fourth-order valence-corrected chi connectivity index (χ4v) is 2.37. The Morgan fingerprint density at radius 2 is 2.31 bits per heavy atom. The van der Waals surface area contributed by atoms with Gasteiger partial charge in [-0.05, 0) is 22.0 Å². The molecule has 16 heavy (non-hydrogen) atoms. The lowest BCUT2D eigenvalue weighted by Gasteiger charge is -2.08. The van der Waals surface area contributed by atoms with Crippen LogP contribution in [0.5, 0.6) is 5.75 Å². The molecule has 1 atom stereocenters. The lowest BCUT2D eigenvalue weighted by Crippen LogP contribution is -2.10. The summed E-state index contributed by atoms with van der Waals surface area (Å²) in [4.78, 5) is 0. The zero-order valence-electron chi connectivity index (χ0n) is 8.64. The monoisotopic (exact) mass is 278 g/mol. The van der Waals surface area contributed by atoms with Crippen LogP contribution >= 0.6 is 15.9 Å². The quantitative estimate of drug-likeness (QED) is 0.845. The molecule has 1 aromatic carbocycles. The van der Waals surface area contributed by atoms with Crippen molar-refractivity contribution >= 4 is 15.9 Å². The molecular weight excluding hydrogens is 268 g/mol. The van der Waals surface area contributed by atoms with Gasteiger partial charge in [0.2, 0.25) is 0 Å². The summed E-state index contributed by atoms with van der Waals surface area (Å²) in [7, 11) is 0. The number of ether oxygens (including phenoxy) is 1. The Labute approximate surface area is 102 Å². The first-order valence-corrected chi connectivity index (χ1v) is 6.02. The highest BCUT2D eigenvalue weighted by molar-refractivity contribution is 9.10. The van der Waals surface area contributed by atoms with Gasteiger partial charge in [0.15, 0.2) is 0 Å². The average Bonchev–Trinajstić information content (AvgIpc) is 2.87. The SMILES string of the molecule is Brc1cnn(CC2COc3ccccc32)c1. The molecule has 0 amide bonds. The first kappa shape index (κ1) is 9.90. The van der Waals surface area contributed by atoms with Crippen molar-refractivity contribution in [3.8, 4) is 5.75 Å². The van der Waals surface area contributed by atoms with Crippen LogP contribution in [0.3, 0.4) is 0 Å². The van der Waals surface area contributed by atoms with Gasteiger partial charge in [-0.25, -0.2) is 0 Å². The highest BCUT2D eigenvalue weighted by atomic mass is 79.9. The third-order valence-electron chi connectivity index (χ3n) is 2.81. The predicted molar refractivity (Wildman–Crippen MR) is 64.6 cm³/mol. The summed E-state index contributed by atoms with van der Waals surface area (Å²) in [5.41, 5.74) is 1.29. The van der Waals surface area contributed by atoms with E-state index < -0.39 is 0 Å². The summed E-state index contributed by atoms with van der Waals surface area (Å²) in [5, 5.41) is 4.27. The minimum absolute atomic E-state index is 0.406. The molecule has 1 aliphatic rings. The molecule has 1 aliphatic heterocycles. The number of nitrogens with zero attached hydrogens (tertiary/aromatic N) is 2. The molecule has 0 saturated heterocycles. The van der Waals surface area contributed by atoms with Gasteiger partial charge in [-0.2, -0.15) is 5.10 Å². The number of aromatic nitrogens is 2. The molecule has 0 radical (unpaired) electrons. The van der Waals surface area contributed by atoms with Crippen LogP contribution < -0.4 is 4.74 Å². The summed E-state index contributed by atoms with van der Waals surface area (Å²) in [6.07, 6.45) is 3.79. The predicted octanol–water partition coefficient (Wildman–Crippen LogP) is 2.82. The van der Waals surface area contributed by atoms with Gasteiger partial charge in [0.05, 0.1) is 23.8 Å². The fraction of sp³-hybridized carbons (Fsp3) is 0.250. The van der Waals surface area contributed by atoms with E-state index in [0.29, 0.717) is 5.92 Å². The number of halogens is 1. The molecule has 82 valence electrons. The van der Waals surface area contributed by atoms with Crippen LogP contribution in [0.15, 0.2) is 41.1 Å². The van der Waals surface area contributed by atoms with Crippen molar-refractivity contribution in [1.29, 1.82) is 0 Å². The van der Waals surface area contributed by atoms with E-state index in [-0.39, 0.29) is 0 Å². The van der Waals surface area contributed by atoms with Gasteiger partial charge in [-0.1, -0.05) is 18.2 Å². The van der Waals surface area contributed by atoms with Crippen molar-refractivity contribution in [2.24, 2.45) is 0 Å². The Morgan fingerprint density at radius 3 is 3.12 bits per heavy atom. The molecule has 4 heteroatoms. The first-order valence-electron chi connectivity index (χ1n) is 5.22. The van der Waals surface area contributed by atoms with Gasteiger partial charge in [0, 0.05) is 17.7 Å². The zero-order chi connectivity index (χ0) is 11.0. The second kappa shape index (κ2) is 3.94. The molecule has 1 aromatic heterocycles. The van der Waals surface area contributed by atoms with Gasteiger partial charge in [-0.15, -0.1) is 0 Å². The standard InChI is InChI=1S/C12H11BrN2O/c13-10-5-14-15(7-10)6-9-8-16-12-4-2-1-3-11(9)12/h1-5,7,9H,6,8H2. The Bertz CT molecular complexity index is 509. The lowest BCUT2D eigenvalue weighted by molar-refractivity contribution is 0.315. The molecule has 2 aromatic rings. The Balaban J connectivity index is 1.83. The van der Waals surface area contributed by atoms with E-state index in [0.717, 1.165) is 23.4 Å². The minimum atomic E-state index is 0.406. The highest BCUT2D eigenvalue weighted by Gasteiger charge is 2.23. The Hall–Kier alpha value is -1.29. The van der Waals surface area contributed by atoms with Crippen LogP contribution in [-0.2, 0) is 6.54 Å². The minimum Gasteiger partial charge on any atom is -0.493 e. The highest BCUT2D eigenvalue weighted by Crippen LogP contribution is 2.34. The average molecular weight is 279 g/mol. The number of fused-ring (bicyclic) bond motifs is 1. The molecule has 2 heterocycles. The van der Waals surface area contributed by atoms with E-state index in [4.69, 9.17) is 4.74 Å². The van der Waals surface area contributed by atoms with Gasteiger partial charge in [0.25, 0.3) is 0 Å². The maximum Gasteiger partial charge on any atom is 0.122 e. The van der Waals surface area contributed by atoms with Gasteiger partial charge < -0.3 is 4.74 Å². The normalized spacial score (nSPS) is 18.2. The van der Waals surface area contributed by atoms with E-state index in [2.05, 4.69) is 33.2 Å². The molecule has 0 bridgehead atoms. The van der Waals surface area contributed by atoms with Crippen LogP contribution in [-0.4, -0.2) is 16.4 Å². The number of benzene rings is 1. The Morgan fingerprint density at radius 1 is 1.44 bits per heavy atom. The molecule has 1 unspecified atom stereocenters. The summed E-state index contributed by atoms with van der Waals surface area (Å²) >= 11 is 3.40. The third kappa shape index (κ3) is 1.73. The third-order valence-corrected chi connectivity index (χ3v) is 3.22. The van der Waals surface area contributed by atoms with Crippen LogP contribution in [0.2, 0.25) is 0 Å². The van der Waals surface area contributed by atoms with Crippen molar-refractivity contribution in [3.63, 3.8) is 0 Å². The topological polar surface area (TPSA) is 27.1 Å². The largest absolute Gasteiger partial charge is 0.493 e.